The zero-order chi connectivity index (χ0) is 25.6. The number of benzene rings is 3. The molecule has 0 aromatic heterocycles. The van der Waals surface area contributed by atoms with Crippen molar-refractivity contribution in [3.05, 3.63) is 88.9 Å². The van der Waals surface area contributed by atoms with Gasteiger partial charge in [-0.15, -0.1) is 0 Å². The average molecular weight is 527 g/mol. The number of sulfonamides is 1. The monoisotopic (exact) mass is 526 g/mol. The molecule has 3 aromatic carbocycles. The molecule has 0 aliphatic rings. The van der Waals surface area contributed by atoms with E-state index < -0.39 is 39.9 Å². The number of rotatable bonds is 9. The Kier molecular flexibility index (Phi) is 8.29. The molecule has 0 fully saturated rings. The molecule has 0 saturated carbocycles. The van der Waals surface area contributed by atoms with Gasteiger partial charge in [0.2, 0.25) is 5.91 Å². The van der Waals surface area contributed by atoms with Gasteiger partial charge in [0, 0.05) is 6.54 Å². The van der Waals surface area contributed by atoms with Gasteiger partial charge in [-0.3, -0.25) is 9.10 Å². The van der Waals surface area contributed by atoms with Crippen molar-refractivity contribution in [2.24, 2.45) is 0 Å². The molecule has 0 unspecified atom stereocenters. The van der Waals surface area contributed by atoms with Crippen molar-refractivity contribution in [3.63, 3.8) is 0 Å². The minimum Gasteiger partial charge on any atom is -0.497 e. The van der Waals surface area contributed by atoms with Crippen molar-refractivity contribution in [3.8, 4) is 5.75 Å². The molecule has 0 aliphatic heterocycles. The van der Waals surface area contributed by atoms with Crippen LogP contribution in [0.5, 0.6) is 5.75 Å². The molecule has 0 atom stereocenters. The van der Waals surface area contributed by atoms with Crippen molar-refractivity contribution >= 4 is 33.2 Å². The molecule has 0 aliphatic carbocycles. The first-order valence-corrected chi connectivity index (χ1v) is 12.2. The number of nitrogens with one attached hydrogen (secondary N) is 1. The highest BCUT2D eigenvalue weighted by atomic mass is 35.5. The second kappa shape index (κ2) is 11.0. The number of methoxy groups -OCH3 is 1. The normalized spacial score (nSPS) is 11.7. The van der Waals surface area contributed by atoms with Gasteiger partial charge in [0.05, 0.1) is 28.3 Å². The lowest BCUT2D eigenvalue weighted by molar-refractivity contribution is -0.137. The molecule has 1 N–H and O–H groups in total. The van der Waals surface area contributed by atoms with Crippen molar-refractivity contribution in [2.75, 3.05) is 24.5 Å². The number of hydrogen-bond acceptors (Lipinski definition) is 4. The molecule has 6 nitrogen and oxygen atoms in total. The minimum atomic E-state index is -4.73. The molecule has 1 amide bonds. The van der Waals surface area contributed by atoms with E-state index >= 15 is 0 Å². The molecule has 35 heavy (non-hydrogen) atoms. The van der Waals surface area contributed by atoms with Gasteiger partial charge in [-0.1, -0.05) is 41.9 Å². The Morgan fingerprint density at radius 2 is 1.69 bits per heavy atom. The van der Waals surface area contributed by atoms with Gasteiger partial charge in [0.1, 0.15) is 12.3 Å². The van der Waals surface area contributed by atoms with Crippen LogP contribution in [0, 0.1) is 0 Å². The van der Waals surface area contributed by atoms with Crippen LogP contribution in [0.1, 0.15) is 11.1 Å². The van der Waals surface area contributed by atoms with E-state index in [1.807, 2.05) is 12.1 Å². The van der Waals surface area contributed by atoms with Crippen LogP contribution in [-0.2, 0) is 27.4 Å². The Morgan fingerprint density at radius 1 is 1.03 bits per heavy atom. The lowest BCUT2D eigenvalue weighted by Crippen LogP contribution is -2.41. The highest BCUT2D eigenvalue weighted by Gasteiger charge is 2.34. The molecule has 0 spiro atoms. The van der Waals surface area contributed by atoms with E-state index in [-0.39, 0.29) is 16.5 Å². The summed E-state index contributed by atoms with van der Waals surface area (Å²) in [6, 6.07) is 16.6. The van der Waals surface area contributed by atoms with E-state index in [2.05, 4.69) is 5.32 Å². The largest absolute Gasteiger partial charge is 0.497 e. The Hall–Kier alpha value is -3.24. The summed E-state index contributed by atoms with van der Waals surface area (Å²) in [5.41, 5.74) is -0.637. The first kappa shape index (κ1) is 26.4. The lowest BCUT2D eigenvalue weighted by atomic mass is 10.1. The fraction of sp³-hybridized carbons (Fsp3) is 0.208. The highest BCUT2D eigenvalue weighted by Crippen LogP contribution is 2.37. The van der Waals surface area contributed by atoms with Crippen LogP contribution < -0.4 is 14.4 Å². The number of amides is 1. The predicted octanol–water partition coefficient (Wildman–Crippen LogP) is 4.92. The molecule has 0 radical (unpaired) electrons. The number of alkyl halides is 3. The Balaban J connectivity index is 1.86. The smallest absolute Gasteiger partial charge is 0.416 e. The summed E-state index contributed by atoms with van der Waals surface area (Å²) in [4.78, 5) is 12.5. The van der Waals surface area contributed by atoms with Crippen molar-refractivity contribution < 1.29 is 31.1 Å². The molecule has 186 valence electrons. The molecule has 0 saturated heterocycles. The second-order valence-electron chi connectivity index (χ2n) is 7.44. The zero-order valence-corrected chi connectivity index (χ0v) is 20.1. The van der Waals surface area contributed by atoms with Gasteiger partial charge in [-0.25, -0.2) is 8.42 Å². The van der Waals surface area contributed by atoms with Gasteiger partial charge >= 0.3 is 6.18 Å². The molecular formula is C24H22ClF3N2O4S. The number of carbonyl (C=O) groups excluding carboxylic acids is 1. The van der Waals surface area contributed by atoms with Gasteiger partial charge in [-0.05, 0) is 54.4 Å². The third-order valence-corrected chi connectivity index (χ3v) is 7.15. The van der Waals surface area contributed by atoms with Gasteiger partial charge in [0.15, 0.2) is 0 Å². The van der Waals surface area contributed by atoms with Gasteiger partial charge in [-0.2, -0.15) is 13.2 Å². The number of anilines is 1. The molecule has 3 rings (SSSR count). The summed E-state index contributed by atoms with van der Waals surface area (Å²) in [7, 11) is -2.87. The number of ether oxygens (including phenoxy) is 1. The van der Waals surface area contributed by atoms with E-state index in [4.69, 9.17) is 16.3 Å². The van der Waals surface area contributed by atoms with E-state index in [1.165, 1.54) is 24.3 Å². The maximum absolute atomic E-state index is 13.3. The standard InChI is InChI=1S/C24H22ClF3N2O4S/c1-34-19-10-7-17(8-11-19)13-14-29-23(31)16-30(35(32,33)20-5-3-2-4-6-20)22-15-18(24(26,27)28)9-12-21(22)25/h2-12,15H,13-14,16H2,1H3,(H,29,31). The van der Waals surface area contributed by atoms with Crippen LogP contribution >= 0.6 is 11.6 Å². The predicted molar refractivity (Wildman–Crippen MR) is 127 cm³/mol. The molecule has 0 heterocycles. The minimum absolute atomic E-state index is 0.181. The van der Waals surface area contributed by atoms with Crippen LogP contribution in [-0.4, -0.2) is 34.5 Å². The summed E-state index contributed by atoms with van der Waals surface area (Å²) in [5.74, 6) is -0.0241. The van der Waals surface area contributed by atoms with E-state index in [9.17, 15) is 26.4 Å². The van der Waals surface area contributed by atoms with Crippen LogP contribution in [0.4, 0.5) is 18.9 Å². The Bertz CT molecular complexity index is 1270. The Morgan fingerprint density at radius 3 is 2.29 bits per heavy atom. The summed E-state index contributed by atoms with van der Waals surface area (Å²) >= 11 is 6.11. The van der Waals surface area contributed by atoms with Crippen LogP contribution in [0.3, 0.4) is 0 Å². The van der Waals surface area contributed by atoms with Crippen LogP contribution in [0.15, 0.2) is 77.7 Å². The number of nitrogens with zero attached hydrogens (tertiary/aromatic N) is 1. The third kappa shape index (κ3) is 6.67. The quantitative estimate of drug-likeness (QED) is 0.429. The Labute approximate surface area is 206 Å². The first-order chi connectivity index (χ1) is 16.5. The molecule has 0 bridgehead atoms. The number of carbonyl (C=O) groups is 1. The average Bonchev–Trinajstić information content (AvgIpc) is 2.83. The molecule has 11 heteroatoms. The fourth-order valence-electron chi connectivity index (χ4n) is 3.22. The van der Waals surface area contributed by atoms with Gasteiger partial charge < -0.3 is 10.1 Å². The highest BCUT2D eigenvalue weighted by molar-refractivity contribution is 7.92. The summed E-state index contributed by atoms with van der Waals surface area (Å²) in [5, 5.41) is 2.36. The summed E-state index contributed by atoms with van der Waals surface area (Å²) < 4.78 is 72.3. The lowest BCUT2D eigenvalue weighted by Gasteiger charge is -2.26. The number of hydrogen-bond donors (Lipinski definition) is 1. The number of halogens is 4. The maximum atomic E-state index is 13.3. The zero-order valence-electron chi connectivity index (χ0n) is 18.5. The van der Waals surface area contributed by atoms with Crippen molar-refractivity contribution in [2.45, 2.75) is 17.5 Å². The van der Waals surface area contributed by atoms with Crippen LogP contribution in [0.2, 0.25) is 5.02 Å². The summed E-state index contributed by atoms with van der Waals surface area (Å²) in [6.45, 7) is -0.582. The molecular weight excluding hydrogens is 505 g/mol. The van der Waals surface area contributed by atoms with E-state index in [1.54, 1.807) is 25.3 Å². The topological polar surface area (TPSA) is 75.7 Å². The van der Waals surface area contributed by atoms with E-state index in [0.717, 1.165) is 17.7 Å². The third-order valence-electron chi connectivity index (χ3n) is 5.06. The van der Waals surface area contributed by atoms with Crippen LogP contribution in [0.25, 0.3) is 0 Å². The van der Waals surface area contributed by atoms with E-state index in [0.29, 0.717) is 22.5 Å². The summed E-state index contributed by atoms with van der Waals surface area (Å²) in [6.07, 6.45) is -4.28. The first-order valence-electron chi connectivity index (χ1n) is 10.4. The van der Waals surface area contributed by atoms with Crippen molar-refractivity contribution in [1.82, 2.24) is 5.32 Å². The maximum Gasteiger partial charge on any atom is 0.416 e. The SMILES string of the molecule is COc1ccc(CCNC(=O)CN(c2cc(C(F)(F)F)ccc2Cl)S(=O)(=O)c2ccccc2)cc1. The van der Waals surface area contributed by atoms with Gasteiger partial charge in [0.25, 0.3) is 10.0 Å². The fourth-order valence-corrected chi connectivity index (χ4v) is 4.95. The second-order valence-corrected chi connectivity index (χ2v) is 9.71. The van der Waals surface area contributed by atoms with Crippen molar-refractivity contribution in [1.29, 1.82) is 0 Å². The molecule has 3 aromatic rings.